The van der Waals surface area contributed by atoms with Gasteiger partial charge in [-0.15, -0.1) is 0 Å². The summed E-state index contributed by atoms with van der Waals surface area (Å²) in [5.41, 5.74) is 6.57. The summed E-state index contributed by atoms with van der Waals surface area (Å²) in [7, 11) is 0. The standard InChI is InChI=1S/C16H27NO4/c1-3-5-9-19-11-14(18)12-21-16-13(10-17)7-6-8-15(16)20-4-2/h6-8,14,18H,3-5,9-12,17H2,1-2H3. The van der Waals surface area contributed by atoms with Crippen molar-refractivity contribution in [3.63, 3.8) is 0 Å². The van der Waals surface area contributed by atoms with Crippen molar-refractivity contribution in [1.82, 2.24) is 0 Å². The summed E-state index contributed by atoms with van der Waals surface area (Å²) in [5.74, 6) is 1.26. The van der Waals surface area contributed by atoms with Gasteiger partial charge < -0.3 is 25.1 Å². The van der Waals surface area contributed by atoms with Crippen molar-refractivity contribution in [2.75, 3.05) is 26.4 Å². The first kappa shape index (κ1) is 17.8. The first-order chi connectivity index (χ1) is 10.2. The molecule has 1 unspecified atom stereocenters. The van der Waals surface area contributed by atoms with Crippen LogP contribution in [0.15, 0.2) is 18.2 Å². The maximum atomic E-state index is 9.87. The average molecular weight is 297 g/mol. The van der Waals surface area contributed by atoms with E-state index in [0.29, 0.717) is 31.3 Å². The third-order valence-corrected chi connectivity index (χ3v) is 2.95. The summed E-state index contributed by atoms with van der Waals surface area (Å²) >= 11 is 0. The highest BCUT2D eigenvalue weighted by Crippen LogP contribution is 2.31. The van der Waals surface area contributed by atoms with Crippen molar-refractivity contribution < 1.29 is 19.3 Å². The van der Waals surface area contributed by atoms with Gasteiger partial charge in [0.2, 0.25) is 0 Å². The summed E-state index contributed by atoms with van der Waals surface area (Å²) in [5, 5.41) is 9.87. The lowest BCUT2D eigenvalue weighted by atomic mass is 10.2. The van der Waals surface area contributed by atoms with Crippen molar-refractivity contribution in [1.29, 1.82) is 0 Å². The Kier molecular flexibility index (Phi) is 8.82. The van der Waals surface area contributed by atoms with Crippen molar-refractivity contribution in [3.05, 3.63) is 23.8 Å². The Bertz CT molecular complexity index is 398. The summed E-state index contributed by atoms with van der Waals surface area (Å²) in [6.07, 6.45) is 1.41. The van der Waals surface area contributed by atoms with Gasteiger partial charge in [0, 0.05) is 18.7 Å². The molecule has 1 aromatic rings. The van der Waals surface area contributed by atoms with E-state index in [4.69, 9.17) is 19.9 Å². The van der Waals surface area contributed by atoms with Crippen molar-refractivity contribution in [2.24, 2.45) is 5.73 Å². The van der Waals surface area contributed by atoms with Crippen molar-refractivity contribution in [3.8, 4) is 11.5 Å². The van der Waals surface area contributed by atoms with Gasteiger partial charge in [-0.05, 0) is 19.4 Å². The van der Waals surface area contributed by atoms with Gasteiger partial charge in [0.1, 0.15) is 12.7 Å². The van der Waals surface area contributed by atoms with Crippen molar-refractivity contribution in [2.45, 2.75) is 39.3 Å². The van der Waals surface area contributed by atoms with Gasteiger partial charge in [0.15, 0.2) is 11.5 Å². The molecule has 21 heavy (non-hydrogen) atoms. The molecule has 5 heteroatoms. The number of benzene rings is 1. The van der Waals surface area contributed by atoms with Gasteiger partial charge in [-0.3, -0.25) is 0 Å². The van der Waals surface area contributed by atoms with Crippen LogP contribution < -0.4 is 15.2 Å². The van der Waals surface area contributed by atoms with E-state index in [1.54, 1.807) is 0 Å². The molecule has 0 radical (unpaired) electrons. The highest BCUT2D eigenvalue weighted by atomic mass is 16.5. The monoisotopic (exact) mass is 297 g/mol. The molecule has 0 bridgehead atoms. The largest absolute Gasteiger partial charge is 0.490 e. The maximum Gasteiger partial charge on any atom is 0.165 e. The lowest BCUT2D eigenvalue weighted by Gasteiger charge is -2.17. The normalized spacial score (nSPS) is 12.2. The second-order valence-corrected chi connectivity index (χ2v) is 4.77. The second kappa shape index (κ2) is 10.4. The third kappa shape index (κ3) is 6.33. The van der Waals surface area contributed by atoms with Crippen LogP contribution in [0.1, 0.15) is 32.3 Å². The topological polar surface area (TPSA) is 73.9 Å². The zero-order valence-electron chi connectivity index (χ0n) is 13.0. The first-order valence-corrected chi connectivity index (χ1v) is 7.56. The molecule has 3 N–H and O–H groups in total. The van der Waals surface area contributed by atoms with Crippen LogP contribution in [0.5, 0.6) is 11.5 Å². The number of nitrogens with two attached hydrogens (primary N) is 1. The number of rotatable bonds is 11. The average Bonchev–Trinajstić information content (AvgIpc) is 2.50. The summed E-state index contributed by atoms with van der Waals surface area (Å²) in [4.78, 5) is 0. The molecule has 5 nitrogen and oxygen atoms in total. The summed E-state index contributed by atoms with van der Waals surface area (Å²) in [6, 6.07) is 5.61. The number of aliphatic hydroxyl groups is 1. The van der Waals surface area contributed by atoms with E-state index in [-0.39, 0.29) is 13.2 Å². The van der Waals surface area contributed by atoms with E-state index in [1.807, 2.05) is 25.1 Å². The molecule has 0 heterocycles. The molecule has 120 valence electrons. The van der Waals surface area contributed by atoms with Gasteiger partial charge in [-0.2, -0.15) is 0 Å². The fraction of sp³-hybridized carbons (Fsp3) is 0.625. The lowest BCUT2D eigenvalue weighted by Crippen LogP contribution is -2.24. The van der Waals surface area contributed by atoms with Gasteiger partial charge in [-0.1, -0.05) is 25.5 Å². The smallest absolute Gasteiger partial charge is 0.165 e. The Morgan fingerprint density at radius 1 is 1.19 bits per heavy atom. The molecule has 1 aromatic carbocycles. The van der Waals surface area contributed by atoms with E-state index in [9.17, 15) is 5.11 Å². The summed E-state index contributed by atoms with van der Waals surface area (Å²) < 4.78 is 16.6. The fourth-order valence-electron chi connectivity index (χ4n) is 1.85. The van der Waals surface area contributed by atoms with Gasteiger partial charge in [-0.25, -0.2) is 0 Å². The zero-order chi connectivity index (χ0) is 15.5. The zero-order valence-corrected chi connectivity index (χ0v) is 13.0. The third-order valence-electron chi connectivity index (χ3n) is 2.95. The predicted octanol–water partition coefficient (Wildman–Crippen LogP) is 2.10. The quantitative estimate of drug-likeness (QED) is 0.612. The Morgan fingerprint density at radius 2 is 2.00 bits per heavy atom. The summed E-state index contributed by atoms with van der Waals surface area (Å²) in [6.45, 7) is 6.01. The number of para-hydroxylation sites is 1. The number of unbranched alkanes of at least 4 members (excludes halogenated alkanes) is 1. The molecule has 0 aliphatic rings. The molecule has 1 atom stereocenters. The van der Waals surface area contributed by atoms with Crippen LogP contribution in [0.4, 0.5) is 0 Å². The highest BCUT2D eigenvalue weighted by molar-refractivity contribution is 5.46. The van der Waals surface area contributed by atoms with E-state index < -0.39 is 6.10 Å². The van der Waals surface area contributed by atoms with Gasteiger partial charge in [0.05, 0.1) is 13.2 Å². The Balaban J connectivity index is 2.52. The fourth-order valence-corrected chi connectivity index (χ4v) is 1.85. The molecule has 0 spiro atoms. The lowest BCUT2D eigenvalue weighted by molar-refractivity contribution is 0.0106. The molecular formula is C16H27NO4. The van der Waals surface area contributed by atoms with Crippen LogP contribution in [0.2, 0.25) is 0 Å². The van der Waals surface area contributed by atoms with E-state index >= 15 is 0 Å². The number of hydrogen-bond acceptors (Lipinski definition) is 5. The maximum absolute atomic E-state index is 9.87. The minimum atomic E-state index is -0.665. The predicted molar refractivity (Wildman–Crippen MR) is 82.7 cm³/mol. The number of hydrogen-bond donors (Lipinski definition) is 2. The molecule has 0 saturated heterocycles. The minimum absolute atomic E-state index is 0.156. The molecule has 0 fully saturated rings. The highest BCUT2D eigenvalue weighted by Gasteiger charge is 2.12. The Hall–Kier alpha value is -1.30. The molecule has 0 amide bonds. The molecule has 0 aliphatic heterocycles. The van der Waals surface area contributed by atoms with Gasteiger partial charge in [0.25, 0.3) is 0 Å². The van der Waals surface area contributed by atoms with Crippen LogP contribution in [0.25, 0.3) is 0 Å². The SMILES string of the molecule is CCCCOCC(O)COc1c(CN)cccc1OCC. The molecular weight excluding hydrogens is 270 g/mol. The van der Waals surface area contributed by atoms with E-state index in [1.165, 1.54) is 0 Å². The molecule has 0 saturated carbocycles. The van der Waals surface area contributed by atoms with Crippen LogP contribution in [-0.4, -0.2) is 37.6 Å². The molecule has 1 rings (SSSR count). The first-order valence-electron chi connectivity index (χ1n) is 7.56. The number of ether oxygens (including phenoxy) is 3. The van der Waals surface area contributed by atoms with Crippen LogP contribution in [0, 0.1) is 0 Å². The van der Waals surface area contributed by atoms with Crippen LogP contribution >= 0.6 is 0 Å². The van der Waals surface area contributed by atoms with Gasteiger partial charge >= 0.3 is 0 Å². The Morgan fingerprint density at radius 3 is 2.67 bits per heavy atom. The van der Waals surface area contributed by atoms with E-state index in [0.717, 1.165) is 18.4 Å². The Labute approximate surface area is 127 Å². The second-order valence-electron chi connectivity index (χ2n) is 4.77. The number of aliphatic hydroxyl groups excluding tert-OH is 1. The van der Waals surface area contributed by atoms with Crippen molar-refractivity contribution >= 4 is 0 Å². The van der Waals surface area contributed by atoms with Crippen LogP contribution in [-0.2, 0) is 11.3 Å². The molecule has 0 aliphatic carbocycles. The molecule has 0 aromatic heterocycles. The van der Waals surface area contributed by atoms with Crippen LogP contribution in [0.3, 0.4) is 0 Å². The van der Waals surface area contributed by atoms with E-state index in [2.05, 4.69) is 6.92 Å². The minimum Gasteiger partial charge on any atom is -0.490 e.